The van der Waals surface area contributed by atoms with Crippen molar-refractivity contribution in [2.75, 3.05) is 7.11 Å². The summed E-state index contributed by atoms with van der Waals surface area (Å²) >= 11 is 3.30. The third-order valence-corrected chi connectivity index (χ3v) is 2.02. The van der Waals surface area contributed by atoms with Crippen LogP contribution in [0.3, 0.4) is 0 Å². The largest absolute Gasteiger partial charge is 0.481 e. The molecule has 0 saturated heterocycles. The Morgan fingerprint density at radius 3 is 2.77 bits per heavy atom. The minimum Gasteiger partial charge on any atom is -0.481 e. The van der Waals surface area contributed by atoms with E-state index in [1.165, 1.54) is 0 Å². The van der Waals surface area contributed by atoms with E-state index < -0.39 is 0 Å². The lowest BCUT2D eigenvalue weighted by Crippen LogP contribution is -1.92. The molecule has 68 valence electrons. The van der Waals surface area contributed by atoms with Gasteiger partial charge in [-0.25, -0.2) is 4.98 Å². The van der Waals surface area contributed by atoms with Crippen LogP contribution in [0.4, 0.5) is 0 Å². The Kier molecular flexibility index (Phi) is 3.25. The van der Waals surface area contributed by atoms with Crippen LogP contribution < -0.4 is 4.74 Å². The van der Waals surface area contributed by atoms with Gasteiger partial charge in [0.25, 0.3) is 0 Å². The Morgan fingerprint density at radius 2 is 2.31 bits per heavy atom. The zero-order valence-electron chi connectivity index (χ0n) is 7.38. The van der Waals surface area contributed by atoms with E-state index in [1.54, 1.807) is 19.3 Å². The van der Waals surface area contributed by atoms with Gasteiger partial charge in [0.1, 0.15) is 0 Å². The van der Waals surface area contributed by atoms with Crippen LogP contribution >= 0.6 is 15.9 Å². The summed E-state index contributed by atoms with van der Waals surface area (Å²) in [7, 11) is 1.58. The van der Waals surface area contributed by atoms with Gasteiger partial charge in [-0.3, -0.25) is 0 Å². The molecule has 0 radical (unpaired) electrons. The van der Waals surface area contributed by atoms with Crippen LogP contribution in [0.1, 0.15) is 11.3 Å². The van der Waals surface area contributed by atoms with Crippen molar-refractivity contribution in [2.24, 2.45) is 0 Å². The Balaban J connectivity index is 3.23. The number of halogens is 1. The lowest BCUT2D eigenvalue weighted by molar-refractivity contribution is 0.397. The van der Waals surface area contributed by atoms with Gasteiger partial charge in [0, 0.05) is 16.1 Å². The van der Waals surface area contributed by atoms with E-state index in [1.807, 2.05) is 6.07 Å². The summed E-state index contributed by atoms with van der Waals surface area (Å²) in [6, 6.07) is 3.68. The van der Waals surface area contributed by atoms with Gasteiger partial charge in [-0.1, -0.05) is 29.1 Å². The van der Waals surface area contributed by atoms with Gasteiger partial charge in [0.15, 0.2) is 0 Å². The monoisotopic (exact) mass is 239 g/mol. The van der Waals surface area contributed by atoms with E-state index in [0.717, 1.165) is 15.7 Å². The number of aromatic nitrogens is 1. The quantitative estimate of drug-likeness (QED) is 0.809. The van der Waals surface area contributed by atoms with Crippen molar-refractivity contribution in [1.82, 2.24) is 4.98 Å². The van der Waals surface area contributed by atoms with E-state index in [0.29, 0.717) is 5.88 Å². The summed E-state index contributed by atoms with van der Waals surface area (Å²) < 4.78 is 5.78. The molecule has 1 aromatic rings. The fourth-order valence-corrected chi connectivity index (χ4v) is 1.29. The van der Waals surface area contributed by atoms with Crippen molar-refractivity contribution >= 4 is 26.5 Å². The van der Waals surface area contributed by atoms with Gasteiger partial charge < -0.3 is 4.74 Å². The standard InChI is InChI=1S/C10H10BrNO/c1-4-9-8(7(2)11)5-6-10(12-9)13-3/h4-6H,1-2H2,3H3. The van der Waals surface area contributed by atoms with Crippen LogP contribution in [-0.2, 0) is 0 Å². The van der Waals surface area contributed by atoms with Gasteiger partial charge in [0.05, 0.1) is 12.8 Å². The number of hydrogen-bond acceptors (Lipinski definition) is 2. The summed E-state index contributed by atoms with van der Waals surface area (Å²) in [6.07, 6.45) is 1.67. The molecule has 0 fully saturated rings. The molecule has 0 aromatic carbocycles. The van der Waals surface area contributed by atoms with Crippen molar-refractivity contribution in [1.29, 1.82) is 0 Å². The molecule has 13 heavy (non-hydrogen) atoms. The maximum absolute atomic E-state index is 4.99. The summed E-state index contributed by atoms with van der Waals surface area (Å²) in [4.78, 5) is 4.20. The van der Waals surface area contributed by atoms with Gasteiger partial charge >= 0.3 is 0 Å². The first-order valence-corrected chi connectivity index (χ1v) is 4.50. The molecule has 1 rings (SSSR count). The van der Waals surface area contributed by atoms with Crippen LogP contribution in [0.25, 0.3) is 10.6 Å². The number of hydrogen-bond donors (Lipinski definition) is 0. The van der Waals surface area contributed by atoms with E-state index in [2.05, 4.69) is 34.1 Å². The summed E-state index contributed by atoms with van der Waals surface area (Å²) in [5, 5.41) is 0. The predicted octanol–water partition coefficient (Wildman–Crippen LogP) is 3.10. The van der Waals surface area contributed by atoms with Gasteiger partial charge in [-0.15, -0.1) is 0 Å². The molecule has 0 spiro atoms. The smallest absolute Gasteiger partial charge is 0.213 e. The second-order valence-corrected chi connectivity index (χ2v) is 3.35. The van der Waals surface area contributed by atoms with Crippen LogP contribution in [0.5, 0.6) is 5.88 Å². The first kappa shape index (κ1) is 9.99. The Bertz CT molecular complexity index is 347. The first-order chi connectivity index (χ1) is 6.19. The highest BCUT2D eigenvalue weighted by atomic mass is 79.9. The summed E-state index contributed by atoms with van der Waals surface area (Å²) in [6.45, 7) is 7.45. The zero-order chi connectivity index (χ0) is 9.84. The first-order valence-electron chi connectivity index (χ1n) is 3.71. The topological polar surface area (TPSA) is 22.1 Å². The van der Waals surface area contributed by atoms with Crippen molar-refractivity contribution in [2.45, 2.75) is 0 Å². The van der Waals surface area contributed by atoms with E-state index in [4.69, 9.17) is 4.74 Å². The molecule has 1 aromatic heterocycles. The molecule has 3 heteroatoms. The average molecular weight is 240 g/mol. The number of methoxy groups -OCH3 is 1. The van der Waals surface area contributed by atoms with Gasteiger partial charge in [-0.05, 0) is 12.1 Å². The number of nitrogens with zero attached hydrogens (tertiary/aromatic N) is 1. The maximum Gasteiger partial charge on any atom is 0.213 e. The number of rotatable bonds is 3. The van der Waals surface area contributed by atoms with E-state index >= 15 is 0 Å². The molecule has 0 saturated carbocycles. The average Bonchev–Trinajstić information content (AvgIpc) is 2.16. The highest BCUT2D eigenvalue weighted by Crippen LogP contribution is 2.24. The van der Waals surface area contributed by atoms with Crippen LogP contribution in [0.2, 0.25) is 0 Å². The normalized spacial score (nSPS) is 9.38. The summed E-state index contributed by atoms with van der Waals surface area (Å²) in [5.41, 5.74) is 1.69. The fourth-order valence-electron chi connectivity index (χ4n) is 0.955. The van der Waals surface area contributed by atoms with Crippen molar-refractivity contribution in [3.05, 3.63) is 36.5 Å². The second kappa shape index (κ2) is 4.23. The summed E-state index contributed by atoms with van der Waals surface area (Å²) in [5.74, 6) is 0.576. The molecule has 0 N–H and O–H groups in total. The lowest BCUT2D eigenvalue weighted by atomic mass is 10.2. The maximum atomic E-state index is 4.99. The van der Waals surface area contributed by atoms with Crippen molar-refractivity contribution in [3.63, 3.8) is 0 Å². The third-order valence-electron chi connectivity index (χ3n) is 1.59. The minimum atomic E-state index is 0.576. The molecule has 0 aliphatic rings. The Hall–Kier alpha value is -1.09. The Morgan fingerprint density at radius 1 is 1.62 bits per heavy atom. The molecule has 0 bridgehead atoms. The van der Waals surface area contributed by atoms with Crippen LogP contribution in [-0.4, -0.2) is 12.1 Å². The second-order valence-electron chi connectivity index (χ2n) is 2.40. The lowest BCUT2D eigenvalue weighted by Gasteiger charge is -2.05. The van der Waals surface area contributed by atoms with Gasteiger partial charge in [0.2, 0.25) is 5.88 Å². The minimum absolute atomic E-state index is 0.576. The zero-order valence-corrected chi connectivity index (χ0v) is 8.97. The number of pyridine rings is 1. The van der Waals surface area contributed by atoms with Crippen molar-refractivity contribution < 1.29 is 4.74 Å². The Labute approximate surface area is 86.1 Å². The molecular formula is C10H10BrNO. The van der Waals surface area contributed by atoms with E-state index in [-0.39, 0.29) is 0 Å². The molecule has 1 heterocycles. The molecule has 2 nitrogen and oxygen atoms in total. The highest BCUT2D eigenvalue weighted by Gasteiger charge is 2.03. The predicted molar refractivity (Wildman–Crippen MR) is 58.8 cm³/mol. The SMILES string of the molecule is C=Cc1nc(OC)ccc1C(=C)Br. The molecule has 0 unspecified atom stereocenters. The molecule has 0 aliphatic carbocycles. The van der Waals surface area contributed by atoms with Gasteiger partial charge in [-0.2, -0.15) is 0 Å². The molecule has 0 amide bonds. The van der Waals surface area contributed by atoms with Crippen LogP contribution in [0.15, 0.2) is 25.3 Å². The number of ether oxygens (including phenoxy) is 1. The molecule has 0 atom stereocenters. The molecule has 0 aliphatic heterocycles. The van der Waals surface area contributed by atoms with E-state index in [9.17, 15) is 0 Å². The van der Waals surface area contributed by atoms with Crippen LogP contribution in [0, 0.1) is 0 Å². The third kappa shape index (κ3) is 2.18. The highest BCUT2D eigenvalue weighted by molar-refractivity contribution is 9.15. The van der Waals surface area contributed by atoms with Crippen molar-refractivity contribution in [3.8, 4) is 5.88 Å². The molecular weight excluding hydrogens is 230 g/mol. The fraction of sp³-hybridized carbons (Fsp3) is 0.100.